The number of aryl methyl sites for hydroxylation is 1. The van der Waals surface area contributed by atoms with E-state index in [4.69, 9.17) is 9.84 Å². The first-order chi connectivity index (χ1) is 8.53. The molecular formula is C10H12N2O6. The summed E-state index contributed by atoms with van der Waals surface area (Å²) in [6, 6.07) is 0. The number of carbonyl (C=O) groups is 2. The zero-order valence-corrected chi connectivity index (χ0v) is 9.53. The predicted molar refractivity (Wildman–Crippen MR) is 59.2 cm³/mol. The Kier molecular flexibility index (Phi) is 4.69. The first kappa shape index (κ1) is 14.0. The third kappa shape index (κ3) is 2.99. The molecule has 1 aromatic heterocycles. The second-order valence-electron chi connectivity index (χ2n) is 3.50. The average Bonchev–Trinajstić information content (AvgIpc) is 2.36. The Balaban J connectivity index is 3.13. The minimum Gasteiger partial charge on any atom is -0.393 e. The normalized spacial score (nSPS) is 13.9. The van der Waals surface area contributed by atoms with Crippen molar-refractivity contribution in [2.45, 2.75) is 19.3 Å². The van der Waals surface area contributed by atoms with Crippen LogP contribution in [0.1, 0.15) is 11.8 Å². The summed E-state index contributed by atoms with van der Waals surface area (Å²) in [5, 5.41) is 8.77. The molecule has 0 spiro atoms. The van der Waals surface area contributed by atoms with Gasteiger partial charge in [0, 0.05) is 11.8 Å². The molecule has 8 heteroatoms. The molecule has 0 bridgehead atoms. The number of H-pyrrole nitrogens is 1. The number of hydrogen-bond donors (Lipinski definition) is 2. The molecule has 0 amide bonds. The average molecular weight is 256 g/mol. The van der Waals surface area contributed by atoms with Crippen molar-refractivity contribution in [2.24, 2.45) is 0 Å². The summed E-state index contributed by atoms with van der Waals surface area (Å²) in [6.07, 6.45) is -0.889. The molecule has 0 aliphatic heterocycles. The van der Waals surface area contributed by atoms with E-state index in [-0.39, 0.29) is 11.8 Å². The van der Waals surface area contributed by atoms with E-state index >= 15 is 0 Å². The summed E-state index contributed by atoms with van der Waals surface area (Å²) in [7, 11) is 0. The number of aliphatic hydroxyl groups excluding tert-OH is 1. The number of ether oxygens (including phenoxy) is 1. The van der Waals surface area contributed by atoms with Gasteiger partial charge in [0.05, 0.1) is 6.61 Å². The molecular weight excluding hydrogens is 244 g/mol. The molecule has 0 aliphatic rings. The lowest BCUT2D eigenvalue weighted by Crippen LogP contribution is -2.37. The van der Waals surface area contributed by atoms with Gasteiger partial charge in [0.15, 0.2) is 18.8 Å². The number of carbonyl (C=O) groups excluding carboxylic acids is 2. The zero-order valence-electron chi connectivity index (χ0n) is 9.53. The number of aromatic amines is 1. The van der Waals surface area contributed by atoms with Crippen molar-refractivity contribution in [2.75, 3.05) is 6.61 Å². The van der Waals surface area contributed by atoms with Crippen LogP contribution >= 0.6 is 0 Å². The highest BCUT2D eigenvalue weighted by Gasteiger charge is 2.18. The van der Waals surface area contributed by atoms with Crippen LogP contribution in [0.15, 0.2) is 15.8 Å². The maximum Gasteiger partial charge on any atom is 0.330 e. The molecule has 2 unspecified atom stereocenters. The third-order valence-corrected chi connectivity index (χ3v) is 2.18. The van der Waals surface area contributed by atoms with Crippen molar-refractivity contribution in [1.29, 1.82) is 0 Å². The molecule has 0 radical (unpaired) electrons. The van der Waals surface area contributed by atoms with Crippen LogP contribution in [0.2, 0.25) is 0 Å². The Morgan fingerprint density at radius 3 is 2.61 bits per heavy atom. The van der Waals surface area contributed by atoms with Crippen LogP contribution in [0.5, 0.6) is 0 Å². The topological polar surface area (TPSA) is 118 Å². The van der Waals surface area contributed by atoms with Gasteiger partial charge in [0.2, 0.25) is 0 Å². The van der Waals surface area contributed by atoms with E-state index in [1.807, 2.05) is 4.98 Å². The summed E-state index contributed by atoms with van der Waals surface area (Å²) in [6.45, 7) is 0.824. The van der Waals surface area contributed by atoms with Gasteiger partial charge < -0.3 is 14.6 Å². The maximum atomic E-state index is 11.5. The highest BCUT2D eigenvalue weighted by Crippen LogP contribution is 2.05. The van der Waals surface area contributed by atoms with Gasteiger partial charge in [-0.2, -0.15) is 0 Å². The highest BCUT2D eigenvalue weighted by molar-refractivity contribution is 5.58. The van der Waals surface area contributed by atoms with E-state index < -0.39 is 30.2 Å². The van der Waals surface area contributed by atoms with Crippen molar-refractivity contribution >= 4 is 12.6 Å². The van der Waals surface area contributed by atoms with Gasteiger partial charge in [-0.1, -0.05) is 0 Å². The number of nitrogens with zero attached hydrogens (tertiary/aromatic N) is 1. The Hall–Kier alpha value is -2.06. The van der Waals surface area contributed by atoms with Crippen LogP contribution in [0.3, 0.4) is 0 Å². The lowest BCUT2D eigenvalue weighted by Gasteiger charge is -2.17. The Bertz CT molecular complexity index is 546. The highest BCUT2D eigenvalue weighted by atomic mass is 16.5. The molecule has 1 heterocycles. The smallest absolute Gasteiger partial charge is 0.330 e. The minimum absolute atomic E-state index is 0.205. The van der Waals surface area contributed by atoms with Crippen LogP contribution in [0, 0.1) is 6.92 Å². The van der Waals surface area contributed by atoms with Gasteiger partial charge in [0.1, 0.15) is 6.10 Å². The van der Waals surface area contributed by atoms with Crippen molar-refractivity contribution in [3.63, 3.8) is 0 Å². The number of nitrogens with one attached hydrogen (secondary N) is 1. The van der Waals surface area contributed by atoms with Crippen molar-refractivity contribution in [3.8, 4) is 0 Å². The molecule has 98 valence electrons. The quantitative estimate of drug-likeness (QED) is 0.575. The largest absolute Gasteiger partial charge is 0.393 e. The molecule has 2 atom stereocenters. The SMILES string of the molecule is Cc1cn(C(C=O)OC(C=O)CO)c(=O)[nH]c1=O. The second-order valence-corrected chi connectivity index (χ2v) is 3.50. The summed E-state index contributed by atoms with van der Waals surface area (Å²) in [5.74, 6) is 0. The Morgan fingerprint density at radius 1 is 1.44 bits per heavy atom. The van der Waals surface area contributed by atoms with E-state index in [9.17, 15) is 19.2 Å². The van der Waals surface area contributed by atoms with Crippen molar-refractivity contribution < 1.29 is 19.4 Å². The molecule has 1 rings (SSSR count). The summed E-state index contributed by atoms with van der Waals surface area (Å²) in [5.41, 5.74) is -1.21. The van der Waals surface area contributed by atoms with Gasteiger partial charge >= 0.3 is 5.69 Å². The predicted octanol–water partition coefficient (Wildman–Crippen LogP) is -1.88. The maximum absolute atomic E-state index is 11.5. The monoisotopic (exact) mass is 256 g/mol. The van der Waals surface area contributed by atoms with Crippen molar-refractivity contribution in [3.05, 3.63) is 32.6 Å². The lowest BCUT2D eigenvalue weighted by molar-refractivity contribution is -0.140. The first-order valence-corrected chi connectivity index (χ1v) is 5.02. The first-order valence-electron chi connectivity index (χ1n) is 5.02. The molecule has 0 aromatic carbocycles. The number of hydrogen-bond acceptors (Lipinski definition) is 6. The Morgan fingerprint density at radius 2 is 2.11 bits per heavy atom. The molecule has 0 saturated heterocycles. The summed E-state index contributed by atoms with van der Waals surface area (Å²) < 4.78 is 5.74. The molecule has 18 heavy (non-hydrogen) atoms. The third-order valence-electron chi connectivity index (χ3n) is 2.18. The van der Waals surface area contributed by atoms with E-state index in [1.165, 1.54) is 6.92 Å². The van der Waals surface area contributed by atoms with Gasteiger partial charge in [-0.25, -0.2) is 4.79 Å². The standard InChI is InChI=1S/C10H12N2O6/c1-6-2-12(10(17)11-9(6)16)8(5-15)18-7(3-13)4-14/h2-3,5,7-8,14H,4H2,1H3,(H,11,16,17). The van der Waals surface area contributed by atoms with Crippen LogP contribution in [-0.4, -0.2) is 39.9 Å². The van der Waals surface area contributed by atoms with Gasteiger partial charge in [-0.05, 0) is 6.92 Å². The van der Waals surface area contributed by atoms with E-state index in [1.54, 1.807) is 0 Å². The van der Waals surface area contributed by atoms with Crippen LogP contribution in [0.25, 0.3) is 0 Å². The number of aromatic nitrogens is 2. The minimum atomic E-state index is -1.39. The van der Waals surface area contributed by atoms with E-state index in [2.05, 4.69) is 0 Å². The number of aldehydes is 2. The van der Waals surface area contributed by atoms with Gasteiger partial charge in [0.25, 0.3) is 5.56 Å². The van der Waals surface area contributed by atoms with Crippen LogP contribution in [0.4, 0.5) is 0 Å². The molecule has 0 saturated carbocycles. The van der Waals surface area contributed by atoms with Gasteiger partial charge in [-0.15, -0.1) is 0 Å². The molecule has 2 N–H and O–H groups in total. The second kappa shape index (κ2) is 6.03. The van der Waals surface area contributed by atoms with Crippen LogP contribution in [-0.2, 0) is 14.3 Å². The summed E-state index contributed by atoms with van der Waals surface area (Å²) in [4.78, 5) is 45.9. The summed E-state index contributed by atoms with van der Waals surface area (Å²) >= 11 is 0. The van der Waals surface area contributed by atoms with Gasteiger partial charge in [-0.3, -0.25) is 19.1 Å². The number of aliphatic hydroxyl groups is 1. The number of rotatable bonds is 6. The fraction of sp³-hybridized carbons (Fsp3) is 0.400. The van der Waals surface area contributed by atoms with E-state index in [0.29, 0.717) is 6.29 Å². The fourth-order valence-corrected chi connectivity index (χ4v) is 1.24. The van der Waals surface area contributed by atoms with Crippen molar-refractivity contribution in [1.82, 2.24) is 9.55 Å². The van der Waals surface area contributed by atoms with Crippen LogP contribution < -0.4 is 11.2 Å². The molecule has 8 nitrogen and oxygen atoms in total. The molecule has 1 aromatic rings. The molecule has 0 fully saturated rings. The zero-order chi connectivity index (χ0) is 13.7. The fourth-order valence-electron chi connectivity index (χ4n) is 1.24. The van der Waals surface area contributed by atoms with E-state index in [0.717, 1.165) is 10.8 Å². The molecule has 0 aliphatic carbocycles. The Labute approximate surface area is 101 Å². The lowest BCUT2D eigenvalue weighted by atomic mass is 10.4.